The summed E-state index contributed by atoms with van der Waals surface area (Å²) >= 11 is 1.28. The normalized spacial score (nSPS) is 20.3. The first-order chi connectivity index (χ1) is 12.5. The van der Waals surface area contributed by atoms with Gasteiger partial charge in [-0.1, -0.05) is 11.9 Å². The Morgan fingerprint density at radius 2 is 2.12 bits per heavy atom. The van der Waals surface area contributed by atoms with Gasteiger partial charge in [0.15, 0.2) is 0 Å². The maximum atomic E-state index is 14.6. The first-order valence-corrected chi connectivity index (χ1v) is 9.60. The van der Waals surface area contributed by atoms with Gasteiger partial charge in [-0.15, -0.1) is 0 Å². The standard InChI is InChI=1S/C17H22FN3O4S/c1-12(22)21(26-2)11-14-10-20(17(23)25-14)13-3-4-16(15(18)9-13)19-5-7-24-8-6-19/h3-4,9,14H,5-8,10-11H2,1-2H3. The molecule has 3 rings (SSSR count). The number of nitrogens with zero attached hydrogens (tertiary/aromatic N) is 3. The SMILES string of the molecule is CSN(CC1CN(c2ccc(N3CCOCC3)c(F)c2)C(=O)O1)C(C)=O. The zero-order valence-electron chi connectivity index (χ0n) is 14.8. The van der Waals surface area contributed by atoms with Gasteiger partial charge in [0.1, 0.15) is 11.9 Å². The monoisotopic (exact) mass is 383 g/mol. The lowest BCUT2D eigenvalue weighted by molar-refractivity contribution is -0.124. The van der Waals surface area contributed by atoms with Crippen LogP contribution in [0, 0.1) is 5.82 Å². The fourth-order valence-corrected chi connectivity index (χ4v) is 3.64. The van der Waals surface area contributed by atoms with Crippen molar-refractivity contribution in [1.82, 2.24) is 4.31 Å². The summed E-state index contributed by atoms with van der Waals surface area (Å²) in [5.74, 6) is -0.483. The number of morpholine rings is 1. The second-order valence-electron chi connectivity index (χ2n) is 6.11. The Morgan fingerprint density at radius 1 is 1.38 bits per heavy atom. The third-order valence-electron chi connectivity index (χ3n) is 4.41. The van der Waals surface area contributed by atoms with E-state index in [1.807, 2.05) is 4.90 Å². The summed E-state index contributed by atoms with van der Waals surface area (Å²) < 4.78 is 26.7. The van der Waals surface area contributed by atoms with Crippen LogP contribution in [-0.2, 0) is 14.3 Å². The topological polar surface area (TPSA) is 62.3 Å². The summed E-state index contributed by atoms with van der Waals surface area (Å²) in [6.45, 7) is 4.46. The molecule has 2 amide bonds. The van der Waals surface area contributed by atoms with E-state index in [2.05, 4.69) is 0 Å². The molecule has 0 aliphatic carbocycles. The molecular weight excluding hydrogens is 361 g/mol. The van der Waals surface area contributed by atoms with Crippen LogP contribution in [0.3, 0.4) is 0 Å². The number of ether oxygens (including phenoxy) is 2. The third kappa shape index (κ3) is 4.04. The van der Waals surface area contributed by atoms with Gasteiger partial charge in [0.05, 0.1) is 37.7 Å². The van der Waals surface area contributed by atoms with Gasteiger partial charge in [0.2, 0.25) is 5.91 Å². The average molecular weight is 383 g/mol. The zero-order chi connectivity index (χ0) is 18.7. The minimum Gasteiger partial charge on any atom is -0.442 e. The average Bonchev–Trinajstić information content (AvgIpc) is 3.00. The summed E-state index contributed by atoms with van der Waals surface area (Å²) in [6.07, 6.45) is 0.814. The Labute approximate surface area is 156 Å². The molecule has 0 N–H and O–H groups in total. The van der Waals surface area contributed by atoms with Crippen LogP contribution in [0.25, 0.3) is 0 Å². The van der Waals surface area contributed by atoms with E-state index in [4.69, 9.17) is 9.47 Å². The number of cyclic esters (lactones) is 1. The van der Waals surface area contributed by atoms with Crippen molar-refractivity contribution in [3.05, 3.63) is 24.0 Å². The molecular formula is C17H22FN3O4S. The fourth-order valence-electron chi connectivity index (χ4n) is 3.07. The van der Waals surface area contributed by atoms with Crippen LogP contribution in [0.4, 0.5) is 20.6 Å². The molecule has 2 aliphatic heterocycles. The third-order valence-corrected chi connectivity index (χ3v) is 5.26. The Morgan fingerprint density at radius 3 is 2.73 bits per heavy atom. The van der Waals surface area contributed by atoms with Crippen molar-refractivity contribution in [2.45, 2.75) is 13.0 Å². The molecule has 0 aromatic heterocycles. The van der Waals surface area contributed by atoms with E-state index in [-0.39, 0.29) is 18.3 Å². The molecule has 1 unspecified atom stereocenters. The first kappa shape index (κ1) is 18.8. The van der Waals surface area contributed by atoms with Gasteiger partial charge in [0.25, 0.3) is 0 Å². The predicted octanol–water partition coefficient (Wildman–Crippen LogP) is 2.11. The molecule has 1 atom stereocenters. The summed E-state index contributed by atoms with van der Waals surface area (Å²) in [7, 11) is 0. The number of anilines is 2. The minimum absolute atomic E-state index is 0.104. The smallest absolute Gasteiger partial charge is 0.414 e. The molecule has 0 radical (unpaired) electrons. The molecule has 0 bridgehead atoms. The molecule has 2 fully saturated rings. The number of carbonyl (C=O) groups is 2. The number of carbonyl (C=O) groups excluding carboxylic acids is 2. The van der Waals surface area contributed by atoms with Crippen LogP contribution in [0.2, 0.25) is 0 Å². The molecule has 142 valence electrons. The van der Waals surface area contributed by atoms with Crippen LogP contribution < -0.4 is 9.80 Å². The van der Waals surface area contributed by atoms with E-state index < -0.39 is 12.2 Å². The number of hydrogen-bond acceptors (Lipinski definition) is 6. The second kappa shape index (κ2) is 8.13. The van der Waals surface area contributed by atoms with Crippen LogP contribution in [0.1, 0.15) is 6.92 Å². The molecule has 0 spiro atoms. The minimum atomic E-state index is -0.530. The first-order valence-electron chi connectivity index (χ1n) is 8.42. The van der Waals surface area contributed by atoms with Crippen LogP contribution in [-0.4, -0.2) is 68.1 Å². The van der Waals surface area contributed by atoms with Gasteiger partial charge >= 0.3 is 6.09 Å². The van der Waals surface area contributed by atoms with Crippen LogP contribution in [0.15, 0.2) is 18.2 Å². The highest BCUT2D eigenvalue weighted by molar-refractivity contribution is 7.96. The van der Waals surface area contributed by atoms with E-state index in [1.54, 1.807) is 18.4 Å². The van der Waals surface area contributed by atoms with Gasteiger partial charge in [-0.3, -0.25) is 14.0 Å². The summed E-state index contributed by atoms with van der Waals surface area (Å²) in [4.78, 5) is 27.0. The maximum absolute atomic E-state index is 14.6. The number of amides is 2. The lowest BCUT2D eigenvalue weighted by Gasteiger charge is -2.29. The Balaban J connectivity index is 1.69. The zero-order valence-corrected chi connectivity index (χ0v) is 15.6. The van der Waals surface area contributed by atoms with E-state index in [1.165, 1.54) is 34.1 Å². The summed E-state index contributed by atoms with van der Waals surface area (Å²) in [5.41, 5.74) is 0.955. The summed E-state index contributed by atoms with van der Waals surface area (Å²) in [6, 6.07) is 4.75. The predicted molar refractivity (Wildman–Crippen MR) is 97.9 cm³/mol. The van der Waals surface area contributed by atoms with E-state index in [0.29, 0.717) is 44.2 Å². The van der Waals surface area contributed by atoms with Crippen molar-refractivity contribution < 1.29 is 23.5 Å². The van der Waals surface area contributed by atoms with Gasteiger partial charge in [-0.05, 0) is 18.2 Å². The maximum Gasteiger partial charge on any atom is 0.414 e. The number of benzene rings is 1. The highest BCUT2D eigenvalue weighted by Gasteiger charge is 2.34. The highest BCUT2D eigenvalue weighted by atomic mass is 32.2. The van der Waals surface area contributed by atoms with Gasteiger partial charge in [-0.2, -0.15) is 0 Å². The van der Waals surface area contributed by atoms with E-state index in [0.717, 1.165) is 0 Å². The van der Waals surface area contributed by atoms with Crippen molar-refractivity contribution in [2.24, 2.45) is 0 Å². The fraction of sp³-hybridized carbons (Fsp3) is 0.529. The quantitative estimate of drug-likeness (QED) is 0.726. The molecule has 9 heteroatoms. The molecule has 2 heterocycles. The number of halogens is 1. The number of hydrogen-bond donors (Lipinski definition) is 0. The molecule has 7 nitrogen and oxygen atoms in total. The van der Waals surface area contributed by atoms with E-state index in [9.17, 15) is 14.0 Å². The van der Waals surface area contributed by atoms with Gasteiger partial charge < -0.3 is 14.4 Å². The summed E-state index contributed by atoms with van der Waals surface area (Å²) in [5, 5.41) is 0. The van der Waals surface area contributed by atoms with Crippen molar-refractivity contribution in [2.75, 3.05) is 55.4 Å². The molecule has 2 aliphatic rings. The molecule has 0 saturated carbocycles. The largest absolute Gasteiger partial charge is 0.442 e. The lowest BCUT2D eigenvalue weighted by Crippen LogP contribution is -2.36. The van der Waals surface area contributed by atoms with Crippen molar-refractivity contribution in [1.29, 1.82) is 0 Å². The van der Waals surface area contributed by atoms with Crippen molar-refractivity contribution in [3.8, 4) is 0 Å². The van der Waals surface area contributed by atoms with Crippen LogP contribution >= 0.6 is 11.9 Å². The van der Waals surface area contributed by atoms with Gasteiger partial charge in [0, 0.05) is 26.3 Å². The lowest BCUT2D eigenvalue weighted by atomic mass is 10.2. The molecule has 1 aromatic carbocycles. The van der Waals surface area contributed by atoms with Crippen molar-refractivity contribution in [3.63, 3.8) is 0 Å². The highest BCUT2D eigenvalue weighted by Crippen LogP contribution is 2.28. The van der Waals surface area contributed by atoms with Crippen LogP contribution in [0.5, 0.6) is 0 Å². The second-order valence-corrected chi connectivity index (χ2v) is 6.92. The molecule has 1 aromatic rings. The van der Waals surface area contributed by atoms with E-state index >= 15 is 0 Å². The Bertz CT molecular complexity index is 684. The van der Waals surface area contributed by atoms with Gasteiger partial charge in [-0.25, -0.2) is 9.18 Å². The number of rotatable bonds is 5. The molecule has 26 heavy (non-hydrogen) atoms. The Hall–Kier alpha value is -2.00. The Kier molecular flexibility index (Phi) is 5.87. The van der Waals surface area contributed by atoms with Crippen molar-refractivity contribution >= 4 is 35.3 Å². The molecule has 2 saturated heterocycles.